The van der Waals surface area contributed by atoms with E-state index in [1.165, 1.54) is 0 Å². The lowest BCUT2D eigenvalue weighted by molar-refractivity contribution is 0.167. The molecule has 1 rings (SSSR count). The number of nitrogens with zero attached hydrogens (tertiary/aromatic N) is 1. The fraction of sp³-hybridized carbons (Fsp3) is 0.833. The van der Waals surface area contributed by atoms with Crippen molar-refractivity contribution < 1.29 is 9.94 Å². The molecule has 52 valence electrons. The molecule has 0 radical (unpaired) electrons. The molecule has 0 unspecified atom stereocenters. The second-order valence-corrected chi connectivity index (χ2v) is 2.92. The summed E-state index contributed by atoms with van der Waals surface area (Å²) in [5.74, 6) is 0. The Morgan fingerprint density at radius 2 is 2.33 bits per heavy atom. The van der Waals surface area contributed by atoms with Gasteiger partial charge in [-0.15, -0.1) is 0 Å². The molecule has 0 atom stereocenters. The van der Waals surface area contributed by atoms with Crippen molar-refractivity contribution >= 4 is 5.71 Å². The Labute approximate surface area is 54.3 Å². The minimum absolute atomic E-state index is 0.0608. The van der Waals surface area contributed by atoms with Crippen LogP contribution in [0, 0.1) is 5.41 Å². The van der Waals surface area contributed by atoms with Crippen molar-refractivity contribution in [2.45, 2.75) is 13.8 Å². The Morgan fingerprint density at radius 1 is 1.67 bits per heavy atom. The van der Waals surface area contributed by atoms with E-state index in [1.807, 2.05) is 13.8 Å². The zero-order valence-electron chi connectivity index (χ0n) is 5.72. The van der Waals surface area contributed by atoms with Crippen LogP contribution in [0.4, 0.5) is 0 Å². The maximum atomic E-state index is 8.41. The molecule has 3 heteroatoms. The van der Waals surface area contributed by atoms with Crippen LogP contribution in [0.3, 0.4) is 0 Å². The lowest BCUT2D eigenvalue weighted by Crippen LogP contribution is -2.21. The Kier molecular flexibility index (Phi) is 1.45. The van der Waals surface area contributed by atoms with E-state index in [0.717, 1.165) is 5.71 Å². The number of oxime groups is 1. The minimum Gasteiger partial charge on any atom is -0.411 e. The van der Waals surface area contributed by atoms with E-state index in [2.05, 4.69) is 5.16 Å². The van der Waals surface area contributed by atoms with Crippen molar-refractivity contribution in [1.29, 1.82) is 0 Å². The predicted octanol–water partition coefficient (Wildman–Crippen LogP) is 0.873. The van der Waals surface area contributed by atoms with Crippen LogP contribution in [0.5, 0.6) is 0 Å². The highest BCUT2D eigenvalue weighted by Crippen LogP contribution is 2.23. The maximum absolute atomic E-state index is 8.41. The second-order valence-electron chi connectivity index (χ2n) is 2.92. The molecule has 1 N–H and O–H groups in total. The molecule has 0 saturated carbocycles. The molecule has 0 amide bonds. The summed E-state index contributed by atoms with van der Waals surface area (Å²) in [7, 11) is 0. The fourth-order valence-corrected chi connectivity index (χ4v) is 0.846. The molecule has 0 bridgehead atoms. The van der Waals surface area contributed by atoms with Crippen LogP contribution in [0.25, 0.3) is 0 Å². The first-order valence-electron chi connectivity index (χ1n) is 2.96. The molecule has 9 heavy (non-hydrogen) atoms. The van der Waals surface area contributed by atoms with E-state index in [9.17, 15) is 0 Å². The van der Waals surface area contributed by atoms with Crippen LogP contribution in [0.15, 0.2) is 5.16 Å². The van der Waals surface area contributed by atoms with Crippen LogP contribution in [-0.4, -0.2) is 24.1 Å². The van der Waals surface area contributed by atoms with Gasteiger partial charge in [-0.25, -0.2) is 0 Å². The predicted molar refractivity (Wildman–Crippen MR) is 33.8 cm³/mol. The third kappa shape index (κ3) is 1.05. The van der Waals surface area contributed by atoms with Crippen LogP contribution < -0.4 is 0 Å². The van der Waals surface area contributed by atoms with E-state index < -0.39 is 0 Å². The highest BCUT2D eigenvalue weighted by Gasteiger charge is 2.31. The summed E-state index contributed by atoms with van der Waals surface area (Å²) in [5, 5.41) is 11.5. The van der Waals surface area contributed by atoms with Crippen molar-refractivity contribution in [3.8, 4) is 0 Å². The molecule has 1 heterocycles. The first-order valence-corrected chi connectivity index (χ1v) is 2.96. The molecule has 1 aliphatic heterocycles. The summed E-state index contributed by atoms with van der Waals surface area (Å²) in [6.07, 6.45) is 0. The van der Waals surface area contributed by atoms with Gasteiger partial charge in [0.05, 0.1) is 18.9 Å². The molecule has 1 aliphatic rings. The van der Waals surface area contributed by atoms with Crippen molar-refractivity contribution in [2.75, 3.05) is 13.2 Å². The van der Waals surface area contributed by atoms with Gasteiger partial charge in [0.1, 0.15) is 0 Å². The first kappa shape index (κ1) is 6.55. The topological polar surface area (TPSA) is 41.8 Å². The van der Waals surface area contributed by atoms with Gasteiger partial charge >= 0.3 is 0 Å². The number of rotatable bonds is 0. The average Bonchev–Trinajstić information content (AvgIpc) is 2.08. The van der Waals surface area contributed by atoms with Gasteiger partial charge in [-0.1, -0.05) is 19.0 Å². The molecule has 3 nitrogen and oxygen atoms in total. The Balaban J connectivity index is 2.75. The zero-order chi connectivity index (χ0) is 6.91. The first-order chi connectivity index (χ1) is 4.17. The SMILES string of the molecule is CC1(C)COCC1=NO. The van der Waals surface area contributed by atoms with E-state index in [0.29, 0.717) is 13.2 Å². The van der Waals surface area contributed by atoms with Crippen LogP contribution in [-0.2, 0) is 4.74 Å². The van der Waals surface area contributed by atoms with Crippen LogP contribution >= 0.6 is 0 Å². The summed E-state index contributed by atoms with van der Waals surface area (Å²) >= 11 is 0. The third-order valence-electron chi connectivity index (χ3n) is 1.60. The summed E-state index contributed by atoms with van der Waals surface area (Å²) in [6.45, 7) is 5.12. The second kappa shape index (κ2) is 1.99. The van der Waals surface area contributed by atoms with Gasteiger partial charge in [-0.3, -0.25) is 0 Å². The molecule has 0 aromatic carbocycles. The molecular formula is C6H11NO2. The smallest absolute Gasteiger partial charge is 0.0906 e. The van der Waals surface area contributed by atoms with Crippen LogP contribution in [0.2, 0.25) is 0 Å². The van der Waals surface area contributed by atoms with Crippen LogP contribution in [0.1, 0.15) is 13.8 Å². The highest BCUT2D eigenvalue weighted by molar-refractivity contribution is 5.91. The monoisotopic (exact) mass is 129 g/mol. The number of hydrogen-bond donors (Lipinski definition) is 1. The summed E-state index contributed by atoms with van der Waals surface area (Å²) < 4.78 is 5.07. The van der Waals surface area contributed by atoms with Crippen molar-refractivity contribution in [3.05, 3.63) is 0 Å². The van der Waals surface area contributed by atoms with Crippen molar-refractivity contribution in [3.63, 3.8) is 0 Å². The van der Waals surface area contributed by atoms with Gasteiger partial charge < -0.3 is 9.94 Å². The summed E-state index contributed by atoms with van der Waals surface area (Å²) in [4.78, 5) is 0. The fourth-order valence-electron chi connectivity index (χ4n) is 0.846. The van der Waals surface area contributed by atoms with Crippen molar-refractivity contribution in [2.24, 2.45) is 10.6 Å². The van der Waals surface area contributed by atoms with Crippen molar-refractivity contribution in [1.82, 2.24) is 0 Å². The van der Waals surface area contributed by atoms with Gasteiger partial charge in [0, 0.05) is 5.41 Å². The van der Waals surface area contributed by atoms with E-state index in [1.54, 1.807) is 0 Å². The Morgan fingerprint density at radius 3 is 2.56 bits per heavy atom. The molecular weight excluding hydrogens is 118 g/mol. The van der Waals surface area contributed by atoms with Gasteiger partial charge in [-0.2, -0.15) is 0 Å². The lowest BCUT2D eigenvalue weighted by atomic mass is 9.91. The van der Waals surface area contributed by atoms with Gasteiger partial charge in [-0.05, 0) is 0 Å². The maximum Gasteiger partial charge on any atom is 0.0906 e. The average molecular weight is 129 g/mol. The zero-order valence-corrected chi connectivity index (χ0v) is 5.72. The molecule has 0 aromatic rings. The van der Waals surface area contributed by atoms with E-state index in [4.69, 9.17) is 9.94 Å². The Bertz CT molecular complexity index is 140. The summed E-state index contributed by atoms with van der Waals surface area (Å²) in [6, 6.07) is 0. The number of ether oxygens (including phenoxy) is 1. The van der Waals surface area contributed by atoms with E-state index in [-0.39, 0.29) is 5.41 Å². The molecule has 0 spiro atoms. The third-order valence-corrected chi connectivity index (χ3v) is 1.60. The largest absolute Gasteiger partial charge is 0.411 e. The Hall–Kier alpha value is -0.570. The lowest BCUT2D eigenvalue weighted by Gasteiger charge is -2.12. The quantitative estimate of drug-likeness (QED) is 0.389. The van der Waals surface area contributed by atoms with Gasteiger partial charge in [0.25, 0.3) is 0 Å². The van der Waals surface area contributed by atoms with Gasteiger partial charge in [0.15, 0.2) is 0 Å². The normalized spacial score (nSPS) is 29.3. The minimum atomic E-state index is -0.0608. The summed E-state index contributed by atoms with van der Waals surface area (Å²) in [5.41, 5.74) is 0.678. The molecule has 1 saturated heterocycles. The molecule has 0 aromatic heterocycles. The standard InChI is InChI=1S/C6H11NO2/c1-6(2)4-9-3-5(6)7-8/h8H,3-4H2,1-2H3. The molecule has 1 fully saturated rings. The molecule has 0 aliphatic carbocycles. The van der Waals surface area contributed by atoms with Gasteiger partial charge in [0.2, 0.25) is 0 Å². The highest BCUT2D eigenvalue weighted by atomic mass is 16.5. The number of hydrogen-bond acceptors (Lipinski definition) is 3. The van der Waals surface area contributed by atoms with E-state index >= 15 is 0 Å².